The minimum Gasteiger partial charge on any atom is -0.324 e. The summed E-state index contributed by atoms with van der Waals surface area (Å²) < 4.78 is 0.746. The first-order valence-corrected chi connectivity index (χ1v) is 9.37. The van der Waals surface area contributed by atoms with Crippen molar-refractivity contribution >= 4 is 45.2 Å². The normalized spacial score (nSPS) is 18.5. The lowest BCUT2D eigenvalue weighted by atomic mass is 9.92. The number of carbonyl (C=O) groups excluding carboxylic acids is 3. The summed E-state index contributed by atoms with van der Waals surface area (Å²) in [5.74, 6) is -1.21. The number of halogens is 1. The van der Waals surface area contributed by atoms with Crippen LogP contribution in [0.3, 0.4) is 0 Å². The molecule has 0 aromatic heterocycles. The van der Waals surface area contributed by atoms with Gasteiger partial charge in [-0.05, 0) is 37.6 Å². The molecule has 2 aromatic carbocycles. The van der Waals surface area contributed by atoms with Gasteiger partial charge in [-0.3, -0.25) is 24.6 Å². The van der Waals surface area contributed by atoms with E-state index >= 15 is 0 Å². The third kappa shape index (κ3) is 3.83. The van der Waals surface area contributed by atoms with Gasteiger partial charge in [0.2, 0.25) is 5.91 Å². The summed E-state index contributed by atoms with van der Waals surface area (Å²) in [4.78, 5) is 49.0. The average Bonchev–Trinajstić information content (AvgIpc) is 2.87. The third-order valence-corrected chi connectivity index (χ3v) is 5.25. The van der Waals surface area contributed by atoms with E-state index in [0.717, 1.165) is 9.37 Å². The van der Waals surface area contributed by atoms with Crippen molar-refractivity contribution in [3.63, 3.8) is 0 Å². The Morgan fingerprint density at radius 2 is 1.97 bits per heavy atom. The first-order valence-electron chi connectivity index (χ1n) is 8.57. The van der Waals surface area contributed by atoms with Crippen LogP contribution in [0.4, 0.5) is 16.2 Å². The Hall–Kier alpha value is -3.27. The Morgan fingerprint density at radius 3 is 2.62 bits per heavy atom. The van der Waals surface area contributed by atoms with Gasteiger partial charge in [0.25, 0.3) is 11.6 Å². The molecule has 150 valence electrons. The van der Waals surface area contributed by atoms with E-state index in [-0.39, 0.29) is 16.9 Å². The van der Waals surface area contributed by atoms with E-state index in [1.807, 2.05) is 0 Å². The van der Waals surface area contributed by atoms with Crippen LogP contribution in [0.5, 0.6) is 0 Å². The molecule has 2 N–H and O–H groups in total. The van der Waals surface area contributed by atoms with Gasteiger partial charge in [0.15, 0.2) is 0 Å². The quantitative estimate of drug-likeness (QED) is 0.403. The lowest BCUT2D eigenvalue weighted by Gasteiger charge is -2.22. The van der Waals surface area contributed by atoms with Crippen LogP contribution < -0.4 is 10.6 Å². The van der Waals surface area contributed by atoms with Gasteiger partial charge in [-0.2, -0.15) is 0 Å². The fraction of sp³-hybridized carbons (Fsp3) is 0.211. The number of nitro groups is 1. The summed E-state index contributed by atoms with van der Waals surface area (Å²) in [6.45, 7) is 2.56. The minimum atomic E-state index is -1.30. The molecule has 2 aromatic rings. The fourth-order valence-electron chi connectivity index (χ4n) is 3.13. The first-order chi connectivity index (χ1) is 13.6. The molecule has 1 aliphatic rings. The van der Waals surface area contributed by atoms with Crippen LogP contribution in [-0.4, -0.2) is 34.2 Å². The van der Waals surface area contributed by atoms with E-state index in [9.17, 15) is 24.5 Å². The lowest BCUT2D eigenvalue weighted by Crippen LogP contribution is -2.42. The predicted molar refractivity (Wildman–Crippen MR) is 108 cm³/mol. The van der Waals surface area contributed by atoms with E-state index in [1.54, 1.807) is 31.2 Å². The summed E-state index contributed by atoms with van der Waals surface area (Å²) in [5, 5.41) is 16.2. The number of urea groups is 1. The molecule has 0 aliphatic carbocycles. The van der Waals surface area contributed by atoms with Crippen LogP contribution in [-0.2, 0) is 15.1 Å². The minimum absolute atomic E-state index is 0.139. The summed E-state index contributed by atoms with van der Waals surface area (Å²) in [6.07, 6.45) is 0. The van der Waals surface area contributed by atoms with Crippen LogP contribution >= 0.6 is 15.9 Å². The second-order valence-corrected chi connectivity index (χ2v) is 7.63. The molecule has 9 nitrogen and oxygen atoms in total. The van der Waals surface area contributed by atoms with Crippen molar-refractivity contribution in [1.29, 1.82) is 0 Å². The second-order valence-electron chi connectivity index (χ2n) is 6.71. The molecule has 0 spiro atoms. The monoisotopic (exact) mass is 460 g/mol. The maximum Gasteiger partial charge on any atom is 0.325 e. The van der Waals surface area contributed by atoms with Crippen molar-refractivity contribution in [3.8, 4) is 0 Å². The summed E-state index contributed by atoms with van der Waals surface area (Å²) in [5.41, 5.74) is -0.349. The number of nitrogens with one attached hydrogen (secondary N) is 2. The summed E-state index contributed by atoms with van der Waals surface area (Å²) in [7, 11) is 0. The van der Waals surface area contributed by atoms with E-state index in [0.29, 0.717) is 5.56 Å². The molecule has 10 heteroatoms. The number of nitrogens with zero attached hydrogens (tertiary/aromatic N) is 2. The Labute approximate surface area is 174 Å². The van der Waals surface area contributed by atoms with Gasteiger partial charge in [-0.15, -0.1) is 0 Å². The molecule has 1 aliphatic heterocycles. The molecule has 1 atom stereocenters. The molecule has 0 saturated carbocycles. The first kappa shape index (κ1) is 20.5. The molecule has 0 unspecified atom stereocenters. The van der Waals surface area contributed by atoms with Gasteiger partial charge in [-0.1, -0.05) is 34.1 Å². The largest absolute Gasteiger partial charge is 0.325 e. The lowest BCUT2D eigenvalue weighted by molar-refractivity contribution is -0.385. The van der Waals surface area contributed by atoms with Gasteiger partial charge in [0, 0.05) is 10.5 Å². The van der Waals surface area contributed by atoms with Crippen LogP contribution in [0.25, 0.3) is 0 Å². The molecule has 1 saturated heterocycles. The molecular formula is C19H17BrN4O5. The topological polar surface area (TPSA) is 122 Å². The van der Waals surface area contributed by atoms with Crippen LogP contribution in [0, 0.1) is 17.0 Å². The number of anilines is 1. The standard InChI is InChI=1S/C19H17BrN4O5/c1-11-14(7-4-8-15(11)24(28)29)21-16(25)10-23-17(26)19(2,22-18(23)27)12-5-3-6-13(20)9-12/h3-9H,10H2,1-2H3,(H,21,25)(H,22,27)/t19-/m1/s1. The molecule has 0 radical (unpaired) electrons. The summed E-state index contributed by atoms with van der Waals surface area (Å²) >= 11 is 3.33. The number of imide groups is 1. The average molecular weight is 461 g/mol. The highest BCUT2D eigenvalue weighted by atomic mass is 79.9. The zero-order valence-electron chi connectivity index (χ0n) is 15.6. The highest BCUT2D eigenvalue weighted by molar-refractivity contribution is 9.10. The van der Waals surface area contributed by atoms with E-state index in [2.05, 4.69) is 26.6 Å². The number of carbonyl (C=O) groups is 3. The smallest absolute Gasteiger partial charge is 0.324 e. The van der Waals surface area contributed by atoms with E-state index < -0.39 is 34.9 Å². The predicted octanol–water partition coefficient (Wildman–Crippen LogP) is 3.07. The Morgan fingerprint density at radius 1 is 1.28 bits per heavy atom. The van der Waals surface area contributed by atoms with E-state index in [4.69, 9.17) is 0 Å². The van der Waals surface area contributed by atoms with Gasteiger partial charge in [-0.25, -0.2) is 4.79 Å². The Kier molecular flexibility index (Phi) is 5.38. The van der Waals surface area contributed by atoms with Gasteiger partial charge in [0.05, 0.1) is 16.2 Å². The Balaban J connectivity index is 1.78. The van der Waals surface area contributed by atoms with Crippen molar-refractivity contribution in [2.24, 2.45) is 0 Å². The summed E-state index contributed by atoms with van der Waals surface area (Å²) in [6, 6.07) is 10.5. The van der Waals surface area contributed by atoms with Crippen molar-refractivity contribution < 1.29 is 19.3 Å². The number of nitro benzene ring substituents is 1. The number of rotatable bonds is 5. The van der Waals surface area contributed by atoms with Crippen molar-refractivity contribution in [3.05, 3.63) is 68.2 Å². The maximum absolute atomic E-state index is 12.9. The van der Waals surface area contributed by atoms with Crippen LogP contribution in [0.1, 0.15) is 18.1 Å². The third-order valence-electron chi connectivity index (χ3n) is 4.75. The van der Waals surface area contributed by atoms with Crippen molar-refractivity contribution in [1.82, 2.24) is 10.2 Å². The zero-order chi connectivity index (χ0) is 21.3. The van der Waals surface area contributed by atoms with Gasteiger partial charge < -0.3 is 10.6 Å². The SMILES string of the molecule is Cc1c(NC(=O)CN2C(=O)N[C@](C)(c3cccc(Br)c3)C2=O)cccc1[N+](=O)[O-]. The number of benzene rings is 2. The number of hydrogen-bond acceptors (Lipinski definition) is 5. The number of amides is 4. The Bertz CT molecular complexity index is 1040. The molecule has 1 heterocycles. The molecule has 3 rings (SSSR count). The second kappa shape index (κ2) is 7.63. The molecular weight excluding hydrogens is 444 g/mol. The molecule has 1 fully saturated rings. The van der Waals surface area contributed by atoms with Crippen molar-refractivity contribution in [2.75, 3.05) is 11.9 Å². The van der Waals surface area contributed by atoms with Gasteiger partial charge >= 0.3 is 6.03 Å². The van der Waals surface area contributed by atoms with Crippen LogP contribution in [0.2, 0.25) is 0 Å². The maximum atomic E-state index is 12.9. The van der Waals surface area contributed by atoms with E-state index in [1.165, 1.54) is 25.1 Å². The zero-order valence-corrected chi connectivity index (χ0v) is 17.1. The fourth-order valence-corrected chi connectivity index (χ4v) is 3.52. The highest BCUT2D eigenvalue weighted by Crippen LogP contribution is 2.30. The van der Waals surface area contributed by atoms with Crippen LogP contribution in [0.15, 0.2) is 46.9 Å². The highest BCUT2D eigenvalue weighted by Gasteiger charge is 2.49. The molecule has 4 amide bonds. The molecule has 29 heavy (non-hydrogen) atoms. The number of hydrogen-bond donors (Lipinski definition) is 2. The van der Waals surface area contributed by atoms with Crippen molar-refractivity contribution in [2.45, 2.75) is 19.4 Å². The van der Waals surface area contributed by atoms with Gasteiger partial charge in [0.1, 0.15) is 12.1 Å². The molecule has 0 bridgehead atoms.